The maximum absolute atomic E-state index is 10.5. The van der Waals surface area contributed by atoms with Crippen LogP contribution in [0.3, 0.4) is 0 Å². The minimum absolute atomic E-state index is 0.289. The lowest BCUT2D eigenvalue weighted by Crippen LogP contribution is -2.02. The van der Waals surface area contributed by atoms with Crippen molar-refractivity contribution in [2.75, 3.05) is 5.32 Å². The number of phenols is 1. The first-order chi connectivity index (χ1) is 7.47. The molecule has 2 N–H and O–H groups in total. The standard InChI is InChI=1S/C13H17NO2/c1-8(2)5-11-10(4)12(14-7-15)6-9(3)13(11)16/h6-7,16H,1,5H2,2-4H3,(H,14,15). The Labute approximate surface area is 95.8 Å². The zero-order valence-electron chi connectivity index (χ0n) is 9.92. The first-order valence-corrected chi connectivity index (χ1v) is 5.14. The highest BCUT2D eigenvalue weighted by molar-refractivity contribution is 5.76. The number of nitrogens with one attached hydrogen (secondary N) is 1. The van der Waals surface area contributed by atoms with Crippen LogP contribution in [0.4, 0.5) is 5.69 Å². The SMILES string of the molecule is C=C(C)Cc1c(C)c(NC=O)cc(C)c1O. The Hall–Kier alpha value is -1.77. The molecule has 0 saturated carbocycles. The summed E-state index contributed by atoms with van der Waals surface area (Å²) in [6, 6.07) is 1.76. The highest BCUT2D eigenvalue weighted by Gasteiger charge is 2.12. The molecule has 0 fully saturated rings. The van der Waals surface area contributed by atoms with Crippen LogP contribution < -0.4 is 5.32 Å². The molecule has 1 amide bonds. The van der Waals surface area contributed by atoms with Crippen molar-refractivity contribution in [3.63, 3.8) is 0 Å². The van der Waals surface area contributed by atoms with Crippen LogP contribution >= 0.6 is 0 Å². The Balaban J connectivity index is 3.32. The summed E-state index contributed by atoms with van der Waals surface area (Å²) in [4.78, 5) is 10.5. The molecule has 16 heavy (non-hydrogen) atoms. The average molecular weight is 219 g/mol. The molecule has 0 aliphatic carbocycles. The first kappa shape index (κ1) is 12.3. The van der Waals surface area contributed by atoms with E-state index in [-0.39, 0.29) is 5.75 Å². The maximum Gasteiger partial charge on any atom is 0.211 e. The van der Waals surface area contributed by atoms with Crippen molar-refractivity contribution in [2.24, 2.45) is 0 Å². The van der Waals surface area contributed by atoms with Gasteiger partial charge in [0.05, 0.1) is 0 Å². The predicted molar refractivity (Wildman–Crippen MR) is 65.8 cm³/mol. The molecule has 1 aromatic carbocycles. The van der Waals surface area contributed by atoms with E-state index in [0.29, 0.717) is 12.8 Å². The van der Waals surface area contributed by atoms with Crippen molar-refractivity contribution in [3.05, 3.63) is 34.9 Å². The van der Waals surface area contributed by atoms with Gasteiger partial charge in [0, 0.05) is 11.3 Å². The fraction of sp³-hybridized carbons (Fsp3) is 0.308. The van der Waals surface area contributed by atoms with E-state index in [0.717, 1.165) is 28.0 Å². The Morgan fingerprint density at radius 2 is 2.19 bits per heavy atom. The van der Waals surface area contributed by atoms with E-state index in [9.17, 15) is 9.90 Å². The molecule has 0 spiro atoms. The van der Waals surface area contributed by atoms with Crippen LogP contribution in [0.1, 0.15) is 23.6 Å². The second-order valence-electron chi connectivity index (χ2n) is 4.09. The number of hydrogen-bond acceptors (Lipinski definition) is 2. The monoisotopic (exact) mass is 219 g/mol. The summed E-state index contributed by atoms with van der Waals surface area (Å²) in [7, 11) is 0. The van der Waals surface area contributed by atoms with Gasteiger partial charge in [-0.2, -0.15) is 0 Å². The predicted octanol–water partition coefficient (Wildman–Crippen LogP) is 2.70. The summed E-state index contributed by atoms with van der Waals surface area (Å²) in [5.41, 5.74) is 4.18. The fourth-order valence-electron chi connectivity index (χ4n) is 1.70. The van der Waals surface area contributed by atoms with Crippen LogP contribution in [-0.4, -0.2) is 11.5 Å². The molecule has 0 heterocycles. The third-order valence-electron chi connectivity index (χ3n) is 2.57. The van der Waals surface area contributed by atoms with E-state index in [4.69, 9.17) is 0 Å². The lowest BCUT2D eigenvalue weighted by molar-refractivity contribution is -0.105. The number of phenolic OH excluding ortho intramolecular Hbond substituents is 1. The summed E-state index contributed by atoms with van der Waals surface area (Å²) in [5.74, 6) is 0.289. The van der Waals surface area contributed by atoms with Crippen LogP contribution in [-0.2, 0) is 11.2 Å². The molecular weight excluding hydrogens is 202 g/mol. The Morgan fingerprint density at radius 3 is 2.69 bits per heavy atom. The Bertz CT molecular complexity index is 436. The molecule has 0 atom stereocenters. The molecule has 0 bridgehead atoms. The van der Waals surface area contributed by atoms with Crippen molar-refractivity contribution in [1.82, 2.24) is 0 Å². The van der Waals surface area contributed by atoms with Crippen LogP contribution in [0.5, 0.6) is 5.75 Å². The summed E-state index contributed by atoms with van der Waals surface area (Å²) in [6.07, 6.45) is 1.26. The van der Waals surface area contributed by atoms with Crippen LogP contribution in [0.2, 0.25) is 0 Å². The van der Waals surface area contributed by atoms with Crippen LogP contribution in [0.25, 0.3) is 0 Å². The number of aromatic hydroxyl groups is 1. The second kappa shape index (κ2) is 4.84. The minimum atomic E-state index is 0.289. The second-order valence-corrected chi connectivity index (χ2v) is 4.09. The summed E-state index contributed by atoms with van der Waals surface area (Å²) in [5, 5.41) is 12.6. The third kappa shape index (κ3) is 2.42. The van der Waals surface area contributed by atoms with Crippen molar-refractivity contribution < 1.29 is 9.90 Å². The molecule has 3 heteroatoms. The zero-order chi connectivity index (χ0) is 12.3. The minimum Gasteiger partial charge on any atom is -0.507 e. The molecule has 0 aliphatic heterocycles. The average Bonchev–Trinajstić information content (AvgIpc) is 2.21. The van der Waals surface area contributed by atoms with Gasteiger partial charge >= 0.3 is 0 Å². The molecule has 0 saturated heterocycles. The number of carbonyl (C=O) groups excluding carboxylic acids is 1. The number of allylic oxidation sites excluding steroid dienone is 1. The van der Waals surface area contributed by atoms with E-state index < -0.39 is 0 Å². The molecule has 86 valence electrons. The number of hydrogen-bond donors (Lipinski definition) is 2. The topological polar surface area (TPSA) is 49.3 Å². The molecule has 3 nitrogen and oxygen atoms in total. The van der Waals surface area contributed by atoms with Gasteiger partial charge in [0.1, 0.15) is 5.75 Å². The van der Waals surface area contributed by atoms with Gasteiger partial charge in [0.25, 0.3) is 0 Å². The number of rotatable bonds is 4. The van der Waals surface area contributed by atoms with Crippen molar-refractivity contribution in [3.8, 4) is 5.75 Å². The zero-order valence-corrected chi connectivity index (χ0v) is 9.92. The van der Waals surface area contributed by atoms with Crippen LogP contribution in [0, 0.1) is 13.8 Å². The number of anilines is 1. The molecule has 0 aromatic heterocycles. The van der Waals surface area contributed by atoms with Gasteiger partial charge in [-0.1, -0.05) is 12.2 Å². The number of benzene rings is 1. The van der Waals surface area contributed by atoms with Gasteiger partial charge in [0.15, 0.2) is 0 Å². The fourth-order valence-corrected chi connectivity index (χ4v) is 1.70. The Kier molecular flexibility index (Phi) is 3.72. The lowest BCUT2D eigenvalue weighted by Gasteiger charge is -2.15. The highest BCUT2D eigenvalue weighted by Crippen LogP contribution is 2.32. The van der Waals surface area contributed by atoms with Crippen LogP contribution in [0.15, 0.2) is 18.2 Å². The van der Waals surface area contributed by atoms with Gasteiger partial charge in [0.2, 0.25) is 6.41 Å². The van der Waals surface area contributed by atoms with Crippen molar-refractivity contribution in [2.45, 2.75) is 27.2 Å². The van der Waals surface area contributed by atoms with Gasteiger partial charge in [-0.15, -0.1) is 0 Å². The van der Waals surface area contributed by atoms with Gasteiger partial charge in [-0.25, -0.2) is 0 Å². The lowest BCUT2D eigenvalue weighted by atomic mass is 9.96. The quantitative estimate of drug-likeness (QED) is 0.464. The number of carbonyl (C=O) groups is 1. The van der Waals surface area contributed by atoms with E-state index in [1.54, 1.807) is 6.07 Å². The van der Waals surface area contributed by atoms with Crippen molar-refractivity contribution >= 4 is 12.1 Å². The van der Waals surface area contributed by atoms with Gasteiger partial charge in [-0.05, 0) is 44.4 Å². The first-order valence-electron chi connectivity index (χ1n) is 5.14. The van der Waals surface area contributed by atoms with E-state index in [2.05, 4.69) is 11.9 Å². The molecular formula is C13H17NO2. The number of aryl methyl sites for hydroxylation is 1. The summed E-state index contributed by atoms with van der Waals surface area (Å²) < 4.78 is 0. The highest BCUT2D eigenvalue weighted by atomic mass is 16.3. The maximum atomic E-state index is 10.5. The molecule has 1 rings (SSSR count). The normalized spacial score (nSPS) is 9.94. The smallest absolute Gasteiger partial charge is 0.211 e. The molecule has 0 unspecified atom stereocenters. The molecule has 0 radical (unpaired) electrons. The van der Waals surface area contributed by atoms with E-state index >= 15 is 0 Å². The summed E-state index contributed by atoms with van der Waals surface area (Å²) in [6.45, 7) is 9.44. The van der Waals surface area contributed by atoms with Gasteiger partial charge < -0.3 is 10.4 Å². The Morgan fingerprint density at radius 1 is 1.56 bits per heavy atom. The largest absolute Gasteiger partial charge is 0.507 e. The molecule has 0 aliphatic rings. The van der Waals surface area contributed by atoms with Gasteiger partial charge in [-0.3, -0.25) is 4.79 Å². The molecule has 1 aromatic rings. The third-order valence-corrected chi connectivity index (χ3v) is 2.57. The number of amides is 1. The van der Waals surface area contributed by atoms with Crippen molar-refractivity contribution in [1.29, 1.82) is 0 Å². The van der Waals surface area contributed by atoms with E-state index in [1.165, 1.54) is 0 Å². The van der Waals surface area contributed by atoms with E-state index in [1.807, 2.05) is 20.8 Å². The summed E-state index contributed by atoms with van der Waals surface area (Å²) >= 11 is 0.